The number of aromatic nitrogens is 2. The molecule has 1 aliphatic heterocycles. The predicted octanol–water partition coefficient (Wildman–Crippen LogP) is 2.44. The van der Waals surface area contributed by atoms with Crippen molar-refractivity contribution in [3.63, 3.8) is 0 Å². The number of hydrogen-bond acceptors (Lipinski definition) is 4. The minimum Gasteiger partial charge on any atom is -0.354 e. The number of carbonyl (C=O) groups is 1. The summed E-state index contributed by atoms with van der Waals surface area (Å²) < 4.78 is 0. The maximum absolute atomic E-state index is 12.8. The van der Waals surface area contributed by atoms with E-state index < -0.39 is 0 Å². The van der Waals surface area contributed by atoms with Crippen LogP contribution in [0.3, 0.4) is 0 Å². The molecule has 0 unspecified atom stereocenters. The molecule has 1 atom stereocenters. The van der Waals surface area contributed by atoms with Crippen molar-refractivity contribution < 1.29 is 4.79 Å². The van der Waals surface area contributed by atoms with Gasteiger partial charge in [-0.05, 0) is 43.9 Å². The van der Waals surface area contributed by atoms with Gasteiger partial charge in [-0.25, -0.2) is 9.97 Å². The number of nitrogens with zero attached hydrogens (tertiary/aromatic N) is 4. The molecule has 1 aromatic heterocycles. The summed E-state index contributed by atoms with van der Waals surface area (Å²) in [5, 5.41) is 0. The Morgan fingerprint density at radius 1 is 1.21 bits per heavy atom. The van der Waals surface area contributed by atoms with Crippen molar-refractivity contribution in [1.82, 2.24) is 14.9 Å². The van der Waals surface area contributed by atoms with Gasteiger partial charge in [0.2, 0.25) is 5.91 Å². The molecule has 1 amide bonds. The molecule has 0 N–H and O–H groups in total. The second kappa shape index (κ2) is 6.34. The summed E-state index contributed by atoms with van der Waals surface area (Å²) >= 11 is 0. The first kappa shape index (κ1) is 15.9. The number of carbonyl (C=O) groups excluding carboxylic acids is 1. The Bertz CT molecular complexity index is 626. The molecule has 24 heavy (non-hydrogen) atoms. The lowest BCUT2D eigenvalue weighted by molar-refractivity contribution is -0.133. The van der Waals surface area contributed by atoms with Crippen LogP contribution < -0.4 is 4.90 Å². The highest BCUT2D eigenvalue weighted by molar-refractivity contribution is 5.78. The van der Waals surface area contributed by atoms with Crippen LogP contribution in [-0.4, -0.2) is 46.5 Å². The van der Waals surface area contributed by atoms with E-state index in [-0.39, 0.29) is 6.04 Å². The van der Waals surface area contributed by atoms with Crippen LogP contribution in [0.15, 0.2) is 6.33 Å². The Balaban J connectivity index is 1.61. The van der Waals surface area contributed by atoms with Crippen LogP contribution in [-0.2, 0) is 17.6 Å². The van der Waals surface area contributed by atoms with E-state index in [2.05, 4.69) is 33.6 Å². The van der Waals surface area contributed by atoms with Gasteiger partial charge >= 0.3 is 0 Å². The molecule has 2 aliphatic carbocycles. The van der Waals surface area contributed by atoms with Gasteiger partial charge in [-0.2, -0.15) is 0 Å². The average Bonchev–Trinajstić information content (AvgIpc) is 3.28. The van der Waals surface area contributed by atoms with Crippen LogP contribution in [0.2, 0.25) is 0 Å². The molecule has 0 bridgehead atoms. The topological polar surface area (TPSA) is 49.3 Å². The standard InChI is InChI=1S/C19H28N4O/c1-13(2)17-11-22(9-8-18(24)23(17)10-14-6-7-14)19-15-4-3-5-16(15)20-12-21-19/h12-14,17H,3-11H2,1-2H3/t17-/m1/s1. The Morgan fingerprint density at radius 3 is 2.79 bits per heavy atom. The molecule has 0 aromatic carbocycles. The van der Waals surface area contributed by atoms with Gasteiger partial charge in [0.05, 0.1) is 6.04 Å². The summed E-state index contributed by atoms with van der Waals surface area (Å²) in [6, 6.07) is 0.285. The molecule has 2 heterocycles. The summed E-state index contributed by atoms with van der Waals surface area (Å²) in [5.41, 5.74) is 2.54. The number of anilines is 1. The molecular formula is C19H28N4O. The molecule has 1 saturated heterocycles. The second-order valence-electron chi connectivity index (χ2n) is 7.97. The summed E-state index contributed by atoms with van der Waals surface area (Å²) in [7, 11) is 0. The van der Waals surface area contributed by atoms with Crippen molar-refractivity contribution in [3.8, 4) is 0 Å². The molecule has 4 rings (SSSR count). The fourth-order valence-electron chi connectivity index (χ4n) is 4.17. The minimum atomic E-state index is 0.285. The lowest BCUT2D eigenvalue weighted by atomic mass is 10.0. The third-order valence-electron chi connectivity index (χ3n) is 5.80. The van der Waals surface area contributed by atoms with Crippen molar-refractivity contribution in [3.05, 3.63) is 17.6 Å². The largest absolute Gasteiger partial charge is 0.354 e. The third kappa shape index (κ3) is 3.01. The molecule has 0 radical (unpaired) electrons. The van der Waals surface area contributed by atoms with E-state index in [1.54, 1.807) is 6.33 Å². The number of aryl methyl sites for hydroxylation is 1. The van der Waals surface area contributed by atoms with Gasteiger partial charge in [0.15, 0.2) is 0 Å². The molecule has 5 heteroatoms. The van der Waals surface area contributed by atoms with Crippen LogP contribution in [0, 0.1) is 11.8 Å². The maximum atomic E-state index is 12.8. The van der Waals surface area contributed by atoms with Crippen LogP contribution in [0.4, 0.5) is 5.82 Å². The van der Waals surface area contributed by atoms with E-state index in [1.165, 1.54) is 30.5 Å². The third-order valence-corrected chi connectivity index (χ3v) is 5.80. The Kier molecular flexibility index (Phi) is 4.19. The number of rotatable bonds is 4. The minimum absolute atomic E-state index is 0.285. The van der Waals surface area contributed by atoms with Crippen molar-refractivity contribution >= 4 is 11.7 Å². The van der Waals surface area contributed by atoms with E-state index in [0.29, 0.717) is 18.2 Å². The monoisotopic (exact) mass is 328 g/mol. The molecule has 1 aromatic rings. The first-order chi connectivity index (χ1) is 11.6. The van der Waals surface area contributed by atoms with Crippen LogP contribution >= 0.6 is 0 Å². The van der Waals surface area contributed by atoms with E-state index in [1.807, 2.05) is 0 Å². The average molecular weight is 328 g/mol. The van der Waals surface area contributed by atoms with E-state index in [9.17, 15) is 4.79 Å². The van der Waals surface area contributed by atoms with E-state index in [0.717, 1.165) is 44.2 Å². The van der Waals surface area contributed by atoms with Gasteiger partial charge in [-0.1, -0.05) is 13.8 Å². The highest BCUT2D eigenvalue weighted by atomic mass is 16.2. The fourth-order valence-corrected chi connectivity index (χ4v) is 4.17. The summed E-state index contributed by atoms with van der Waals surface area (Å²) in [6.45, 7) is 7.13. The molecule has 3 aliphatic rings. The van der Waals surface area contributed by atoms with Gasteiger partial charge in [-0.15, -0.1) is 0 Å². The van der Waals surface area contributed by atoms with Crippen LogP contribution in [0.5, 0.6) is 0 Å². The predicted molar refractivity (Wildman–Crippen MR) is 94.0 cm³/mol. The molecule has 0 spiro atoms. The Morgan fingerprint density at radius 2 is 2.04 bits per heavy atom. The van der Waals surface area contributed by atoms with Crippen molar-refractivity contribution in [1.29, 1.82) is 0 Å². The maximum Gasteiger partial charge on any atom is 0.224 e. The highest BCUT2D eigenvalue weighted by Gasteiger charge is 2.36. The molecule has 130 valence electrons. The van der Waals surface area contributed by atoms with E-state index >= 15 is 0 Å². The van der Waals surface area contributed by atoms with Gasteiger partial charge in [0.1, 0.15) is 12.1 Å². The lowest BCUT2D eigenvalue weighted by Gasteiger charge is -2.35. The van der Waals surface area contributed by atoms with Gasteiger partial charge in [-0.3, -0.25) is 4.79 Å². The SMILES string of the molecule is CC(C)[C@H]1CN(c2ncnc3c2CCC3)CCC(=O)N1CC1CC1. The van der Waals surface area contributed by atoms with Crippen molar-refractivity contribution in [2.24, 2.45) is 11.8 Å². The van der Waals surface area contributed by atoms with Crippen LogP contribution in [0.25, 0.3) is 0 Å². The summed E-state index contributed by atoms with van der Waals surface area (Å²) in [5.74, 6) is 2.62. The highest BCUT2D eigenvalue weighted by Crippen LogP contribution is 2.34. The molecule has 1 saturated carbocycles. The zero-order valence-electron chi connectivity index (χ0n) is 14.9. The zero-order valence-corrected chi connectivity index (χ0v) is 14.9. The number of hydrogen-bond donors (Lipinski definition) is 0. The first-order valence-electron chi connectivity index (χ1n) is 9.50. The molecular weight excluding hydrogens is 300 g/mol. The second-order valence-corrected chi connectivity index (χ2v) is 7.97. The van der Waals surface area contributed by atoms with Gasteiger partial charge < -0.3 is 9.80 Å². The zero-order chi connectivity index (χ0) is 16.7. The molecule has 2 fully saturated rings. The smallest absolute Gasteiger partial charge is 0.224 e. The number of amides is 1. The fraction of sp³-hybridized carbons (Fsp3) is 0.737. The van der Waals surface area contributed by atoms with E-state index in [4.69, 9.17) is 0 Å². The quantitative estimate of drug-likeness (QED) is 0.852. The van der Waals surface area contributed by atoms with Crippen molar-refractivity contribution in [2.75, 3.05) is 24.5 Å². The summed E-state index contributed by atoms with van der Waals surface area (Å²) in [4.78, 5) is 26.4. The Hall–Kier alpha value is -1.65. The lowest BCUT2D eigenvalue weighted by Crippen LogP contribution is -2.47. The summed E-state index contributed by atoms with van der Waals surface area (Å²) in [6.07, 6.45) is 8.21. The first-order valence-corrected chi connectivity index (χ1v) is 9.50. The number of fused-ring (bicyclic) bond motifs is 1. The van der Waals surface area contributed by atoms with Gasteiger partial charge in [0.25, 0.3) is 0 Å². The Labute approximate surface area is 144 Å². The van der Waals surface area contributed by atoms with Crippen LogP contribution in [0.1, 0.15) is 50.8 Å². The normalized spacial score (nSPS) is 24.5. The molecule has 5 nitrogen and oxygen atoms in total. The van der Waals surface area contributed by atoms with Gasteiger partial charge in [0, 0.05) is 37.3 Å². The van der Waals surface area contributed by atoms with Crippen molar-refractivity contribution in [2.45, 2.75) is 58.4 Å².